The Morgan fingerprint density at radius 2 is 2.11 bits per heavy atom. The molecule has 4 nitrogen and oxygen atoms in total. The molecule has 1 aromatic heterocycles. The second-order valence-electron chi connectivity index (χ2n) is 6.92. The van der Waals surface area contributed by atoms with Gasteiger partial charge >= 0.3 is 0 Å². The van der Waals surface area contributed by atoms with Crippen molar-refractivity contribution in [2.24, 2.45) is 5.92 Å². The summed E-state index contributed by atoms with van der Waals surface area (Å²) >= 11 is 5.99. The molecule has 0 spiro atoms. The lowest BCUT2D eigenvalue weighted by molar-refractivity contribution is -0.126. The summed E-state index contributed by atoms with van der Waals surface area (Å²) in [5.74, 6) is -0.0976. The van der Waals surface area contributed by atoms with Gasteiger partial charge in [-0.15, -0.1) is 17.5 Å². The lowest BCUT2D eigenvalue weighted by atomic mass is 9.93. The molecule has 2 aliphatic rings. The fourth-order valence-corrected chi connectivity index (χ4v) is 4.18. The van der Waals surface area contributed by atoms with E-state index in [1.54, 1.807) is 18.2 Å². The minimum absolute atomic E-state index is 0. The summed E-state index contributed by atoms with van der Waals surface area (Å²) in [6.45, 7) is 1.31. The van der Waals surface area contributed by atoms with Gasteiger partial charge < -0.3 is 0 Å². The predicted octanol–water partition coefficient (Wildman–Crippen LogP) is 4.21. The van der Waals surface area contributed by atoms with Crippen molar-refractivity contribution in [2.45, 2.75) is 30.6 Å². The van der Waals surface area contributed by atoms with Gasteiger partial charge in [-0.05, 0) is 48.5 Å². The van der Waals surface area contributed by atoms with Crippen LogP contribution in [0, 0.1) is 11.7 Å². The van der Waals surface area contributed by atoms with Gasteiger partial charge in [-0.3, -0.25) is 9.69 Å². The Labute approximate surface area is 173 Å². The zero-order chi connectivity index (χ0) is 18.1. The Morgan fingerprint density at radius 3 is 2.78 bits per heavy atom. The Morgan fingerprint density at radius 1 is 1.33 bits per heavy atom. The zero-order valence-corrected chi connectivity index (χ0v) is 17.2. The van der Waals surface area contributed by atoms with Gasteiger partial charge in [-0.25, -0.2) is 4.39 Å². The number of halogens is 2. The second kappa shape index (κ2) is 8.82. The molecule has 1 saturated carbocycles. The Kier molecular flexibility index (Phi) is 6.68. The largest absolute Gasteiger partial charge is 0.297 e. The lowest BCUT2D eigenvalue weighted by Crippen LogP contribution is -2.42. The predicted molar refractivity (Wildman–Crippen MR) is 111 cm³/mol. The SMILES string of the molecule is Cl.O=C(C1CC1)C(c1ccccc1F)N1CCC(S)C(=Cc2csnn2)C1. The van der Waals surface area contributed by atoms with Crippen molar-refractivity contribution in [1.29, 1.82) is 0 Å². The highest BCUT2D eigenvalue weighted by Gasteiger charge is 2.40. The van der Waals surface area contributed by atoms with Crippen molar-refractivity contribution in [3.05, 3.63) is 52.3 Å². The van der Waals surface area contributed by atoms with Crippen LogP contribution >= 0.6 is 36.6 Å². The van der Waals surface area contributed by atoms with E-state index in [0.29, 0.717) is 12.1 Å². The molecule has 2 unspecified atom stereocenters. The molecule has 4 rings (SSSR count). The molecule has 0 N–H and O–H groups in total. The Bertz CT molecular complexity index is 826. The maximum absolute atomic E-state index is 14.5. The van der Waals surface area contributed by atoms with E-state index >= 15 is 0 Å². The molecule has 27 heavy (non-hydrogen) atoms. The van der Waals surface area contributed by atoms with Gasteiger partial charge in [0.15, 0.2) is 5.78 Å². The number of carbonyl (C=O) groups is 1. The van der Waals surface area contributed by atoms with Crippen molar-refractivity contribution in [3.63, 3.8) is 0 Å². The first-order chi connectivity index (χ1) is 12.6. The highest BCUT2D eigenvalue weighted by Crippen LogP contribution is 2.39. The van der Waals surface area contributed by atoms with E-state index in [1.807, 2.05) is 11.5 Å². The fourth-order valence-electron chi connectivity index (χ4n) is 3.50. The van der Waals surface area contributed by atoms with E-state index in [-0.39, 0.29) is 35.2 Å². The third-order valence-corrected chi connectivity index (χ3v) is 6.14. The molecule has 0 amide bonds. The van der Waals surface area contributed by atoms with Crippen LogP contribution in [0.25, 0.3) is 6.08 Å². The molecule has 2 aromatic rings. The highest BCUT2D eigenvalue weighted by molar-refractivity contribution is 7.81. The smallest absolute Gasteiger partial charge is 0.157 e. The van der Waals surface area contributed by atoms with Crippen LogP contribution in [-0.2, 0) is 4.79 Å². The first-order valence-corrected chi connectivity index (χ1v) is 10.2. The molecule has 1 aliphatic heterocycles. The monoisotopic (exact) mass is 425 g/mol. The zero-order valence-electron chi connectivity index (χ0n) is 14.6. The number of hydrogen-bond donors (Lipinski definition) is 1. The normalized spacial score (nSPS) is 23.0. The van der Waals surface area contributed by atoms with Crippen molar-refractivity contribution >= 4 is 48.4 Å². The molecule has 144 valence electrons. The van der Waals surface area contributed by atoms with Gasteiger partial charge in [0.25, 0.3) is 0 Å². The van der Waals surface area contributed by atoms with Crippen molar-refractivity contribution < 1.29 is 9.18 Å². The van der Waals surface area contributed by atoms with Crippen LogP contribution in [0.15, 0.2) is 35.2 Å². The number of thiol groups is 1. The number of likely N-dealkylation sites (tertiary alicyclic amines) is 1. The number of carbonyl (C=O) groups excluding carboxylic acids is 1. The molecule has 2 atom stereocenters. The second-order valence-corrected chi connectivity index (χ2v) is 8.16. The van der Waals surface area contributed by atoms with Crippen molar-refractivity contribution in [1.82, 2.24) is 14.5 Å². The number of nitrogens with zero attached hydrogens (tertiary/aromatic N) is 3. The summed E-state index contributed by atoms with van der Waals surface area (Å²) in [6.07, 6.45) is 4.64. The maximum atomic E-state index is 14.5. The average molecular weight is 426 g/mol. The van der Waals surface area contributed by atoms with Gasteiger partial charge in [-0.2, -0.15) is 12.6 Å². The first-order valence-electron chi connectivity index (χ1n) is 8.81. The molecule has 1 aromatic carbocycles. The van der Waals surface area contributed by atoms with Gasteiger partial charge in [0, 0.05) is 35.2 Å². The number of ketones is 1. The maximum Gasteiger partial charge on any atom is 0.157 e. The van der Waals surface area contributed by atoms with Gasteiger partial charge in [0.2, 0.25) is 0 Å². The minimum atomic E-state index is -0.526. The summed E-state index contributed by atoms with van der Waals surface area (Å²) in [5, 5.41) is 6.07. The van der Waals surface area contributed by atoms with Crippen LogP contribution in [0.1, 0.15) is 36.6 Å². The van der Waals surface area contributed by atoms with E-state index in [9.17, 15) is 9.18 Å². The fraction of sp³-hybridized carbons (Fsp3) is 0.421. The molecular weight excluding hydrogens is 405 g/mol. The van der Waals surface area contributed by atoms with Crippen LogP contribution in [0.4, 0.5) is 4.39 Å². The topological polar surface area (TPSA) is 46.1 Å². The summed E-state index contributed by atoms with van der Waals surface area (Å²) in [4.78, 5) is 15.1. The van der Waals surface area contributed by atoms with Crippen molar-refractivity contribution in [3.8, 4) is 0 Å². The van der Waals surface area contributed by atoms with E-state index in [4.69, 9.17) is 12.6 Å². The van der Waals surface area contributed by atoms with Crippen molar-refractivity contribution in [2.75, 3.05) is 13.1 Å². The summed E-state index contributed by atoms with van der Waals surface area (Å²) in [5.41, 5.74) is 2.38. The van der Waals surface area contributed by atoms with Crippen LogP contribution in [-0.4, -0.2) is 38.6 Å². The number of rotatable bonds is 5. The van der Waals surface area contributed by atoms with Crippen LogP contribution in [0.3, 0.4) is 0 Å². The standard InChI is InChI=1S/C19H20FN3OS2.ClH/c20-16-4-2-1-3-15(16)18(19(24)12-5-6-12)23-8-7-17(25)13(10-23)9-14-11-26-22-21-14;/h1-4,9,11-12,17-18,25H,5-8,10H2;1H. The number of benzene rings is 1. The molecule has 2 fully saturated rings. The first kappa shape index (κ1) is 20.5. The molecule has 0 bridgehead atoms. The van der Waals surface area contributed by atoms with Crippen LogP contribution in [0.2, 0.25) is 0 Å². The summed E-state index contributed by atoms with van der Waals surface area (Å²) in [7, 11) is 0. The average Bonchev–Trinajstić information content (AvgIpc) is 3.37. The van der Waals surface area contributed by atoms with Gasteiger partial charge in [-0.1, -0.05) is 22.7 Å². The summed E-state index contributed by atoms with van der Waals surface area (Å²) in [6, 6.07) is 6.11. The van der Waals surface area contributed by atoms with E-state index in [0.717, 1.165) is 37.1 Å². The molecule has 1 saturated heterocycles. The molecule has 8 heteroatoms. The highest BCUT2D eigenvalue weighted by atomic mass is 35.5. The van der Waals surface area contributed by atoms with Crippen LogP contribution < -0.4 is 0 Å². The Hall–Kier alpha value is -1.28. The molecular formula is C19H21ClFN3OS2. The van der Waals surface area contributed by atoms with E-state index < -0.39 is 6.04 Å². The minimum Gasteiger partial charge on any atom is -0.297 e. The lowest BCUT2D eigenvalue weighted by Gasteiger charge is -2.37. The van der Waals surface area contributed by atoms with Crippen LogP contribution in [0.5, 0.6) is 0 Å². The molecule has 2 heterocycles. The summed E-state index contributed by atoms with van der Waals surface area (Å²) < 4.78 is 18.4. The third kappa shape index (κ3) is 4.59. The number of aromatic nitrogens is 2. The third-order valence-electron chi connectivity index (χ3n) is 5.03. The molecule has 1 aliphatic carbocycles. The number of Topliss-reactive ketones (excluding diaryl/α,β-unsaturated/α-hetero) is 1. The number of hydrogen-bond acceptors (Lipinski definition) is 6. The Balaban J connectivity index is 0.00000210. The molecule has 0 radical (unpaired) electrons. The van der Waals surface area contributed by atoms with Gasteiger partial charge in [0.1, 0.15) is 5.82 Å². The quantitative estimate of drug-likeness (QED) is 0.729. The van der Waals surface area contributed by atoms with Gasteiger partial charge in [0.05, 0.1) is 11.7 Å². The van der Waals surface area contributed by atoms with E-state index in [1.165, 1.54) is 17.6 Å². The number of piperidine rings is 1. The van der Waals surface area contributed by atoms with E-state index in [2.05, 4.69) is 14.5 Å².